The van der Waals surface area contributed by atoms with Gasteiger partial charge >= 0.3 is 0 Å². The summed E-state index contributed by atoms with van der Waals surface area (Å²) in [6.45, 7) is 9.13. The van der Waals surface area contributed by atoms with E-state index in [0.29, 0.717) is 0 Å². The highest BCUT2D eigenvalue weighted by molar-refractivity contribution is 5.62. The Morgan fingerprint density at radius 1 is 1.04 bits per heavy atom. The maximum absolute atomic E-state index is 6.10. The molecule has 1 heteroatoms. The van der Waals surface area contributed by atoms with Crippen molar-refractivity contribution in [1.29, 1.82) is 0 Å². The molecule has 0 aliphatic carbocycles. The molecule has 1 nitrogen and oxygen atoms in total. The van der Waals surface area contributed by atoms with Crippen LogP contribution in [0.15, 0.2) is 79.4 Å². The van der Waals surface area contributed by atoms with Crippen molar-refractivity contribution in [2.24, 2.45) is 0 Å². The first-order valence-electron chi connectivity index (χ1n) is 8.30. The van der Waals surface area contributed by atoms with Gasteiger partial charge < -0.3 is 4.74 Å². The van der Waals surface area contributed by atoms with E-state index < -0.39 is 0 Å². The van der Waals surface area contributed by atoms with Gasteiger partial charge in [-0.25, -0.2) is 0 Å². The Balaban J connectivity index is 2.39. The molecule has 0 aliphatic rings. The first-order chi connectivity index (χ1) is 11.2. The molecule has 0 saturated carbocycles. The van der Waals surface area contributed by atoms with Gasteiger partial charge in [0.15, 0.2) is 0 Å². The predicted molar refractivity (Wildman–Crippen MR) is 99.3 cm³/mol. The molecule has 1 atom stereocenters. The summed E-state index contributed by atoms with van der Waals surface area (Å²) in [4.78, 5) is 0. The Bertz CT molecular complexity index is 628. The summed E-state index contributed by atoms with van der Waals surface area (Å²) in [7, 11) is 0. The third kappa shape index (κ3) is 4.59. The van der Waals surface area contributed by atoms with Crippen molar-refractivity contribution in [2.75, 3.05) is 6.61 Å². The molecule has 2 aromatic rings. The zero-order chi connectivity index (χ0) is 16.5. The van der Waals surface area contributed by atoms with Gasteiger partial charge in [0.1, 0.15) is 5.76 Å². The standard InChI is InChI=1S/C22H26O/c1-4-6-17-23-21(19-13-9-7-10-14-19)18-22(3,5-2)20-15-11-8-12-16-20/h5,7-16,18H,2,4,6,17H2,1,3H3/b21-18-/t22-/m1/s1. The summed E-state index contributed by atoms with van der Waals surface area (Å²) >= 11 is 0. The van der Waals surface area contributed by atoms with Crippen LogP contribution >= 0.6 is 0 Å². The van der Waals surface area contributed by atoms with E-state index in [-0.39, 0.29) is 5.41 Å². The van der Waals surface area contributed by atoms with Crippen LogP contribution in [0.25, 0.3) is 5.76 Å². The lowest BCUT2D eigenvalue weighted by atomic mass is 9.81. The van der Waals surface area contributed by atoms with E-state index in [2.05, 4.69) is 62.9 Å². The summed E-state index contributed by atoms with van der Waals surface area (Å²) in [5, 5.41) is 0. The van der Waals surface area contributed by atoms with Gasteiger partial charge in [-0.05, 0) is 25.0 Å². The van der Waals surface area contributed by atoms with Crippen molar-refractivity contribution in [3.63, 3.8) is 0 Å². The molecule has 23 heavy (non-hydrogen) atoms. The van der Waals surface area contributed by atoms with Gasteiger partial charge in [0, 0.05) is 11.0 Å². The second-order valence-corrected chi connectivity index (χ2v) is 5.93. The number of hydrogen-bond donors (Lipinski definition) is 0. The molecule has 0 spiro atoms. The van der Waals surface area contributed by atoms with Crippen molar-refractivity contribution in [3.05, 3.63) is 90.5 Å². The van der Waals surface area contributed by atoms with E-state index in [1.165, 1.54) is 5.56 Å². The van der Waals surface area contributed by atoms with Crippen molar-refractivity contribution >= 4 is 5.76 Å². The lowest BCUT2D eigenvalue weighted by Crippen LogP contribution is -2.16. The summed E-state index contributed by atoms with van der Waals surface area (Å²) < 4.78 is 6.10. The van der Waals surface area contributed by atoms with Gasteiger partial charge in [0.25, 0.3) is 0 Å². The van der Waals surface area contributed by atoms with Gasteiger partial charge in [-0.1, -0.05) is 80.1 Å². The normalized spacial score (nSPS) is 14.1. The SMILES string of the molecule is C=C[C@](C)(/C=C(\OCCCC)c1ccccc1)c1ccccc1. The third-order valence-corrected chi connectivity index (χ3v) is 4.06. The van der Waals surface area contributed by atoms with Crippen molar-refractivity contribution in [2.45, 2.75) is 32.1 Å². The van der Waals surface area contributed by atoms with Crippen LogP contribution in [0.2, 0.25) is 0 Å². The van der Waals surface area contributed by atoms with E-state index in [0.717, 1.165) is 30.8 Å². The Kier molecular flexibility index (Phi) is 6.22. The minimum atomic E-state index is -0.265. The van der Waals surface area contributed by atoms with E-state index in [9.17, 15) is 0 Å². The maximum Gasteiger partial charge on any atom is 0.123 e. The number of unbranched alkanes of at least 4 members (excludes halogenated alkanes) is 1. The highest BCUT2D eigenvalue weighted by Crippen LogP contribution is 2.31. The quantitative estimate of drug-likeness (QED) is 0.331. The van der Waals surface area contributed by atoms with Crippen LogP contribution in [0.3, 0.4) is 0 Å². The molecule has 0 radical (unpaired) electrons. The van der Waals surface area contributed by atoms with Gasteiger partial charge in [0.2, 0.25) is 0 Å². The molecule has 2 rings (SSSR count). The Morgan fingerprint density at radius 3 is 2.22 bits per heavy atom. The highest BCUT2D eigenvalue weighted by atomic mass is 16.5. The minimum absolute atomic E-state index is 0.265. The van der Waals surface area contributed by atoms with Crippen LogP contribution in [0.4, 0.5) is 0 Å². The largest absolute Gasteiger partial charge is 0.493 e. The van der Waals surface area contributed by atoms with Gasteiger partial charge in [0.05, 0.1) is 6.61 Å². The minimum Gasteiger partial charge on any atom is -0.493 e. The van der Waals surface area contributed by atoms with Crippen LogP contribution < -0.4 is 0 Å². The Labute approximate surface area is 140 Å². The molecule has 0 bridgehead atoms. The summed E-state index contributed by atoms with van der Waals surface area (Å²) in [6, 6.07) is 20.7. The number of allylic oxidation sites excluding steroid dienone is 2. The van der Waals surface area contributed by atoms with Gasteiger partial charge in [-0.3, -0.25) is 0 Å². The first-order valence-corrected chi connectivity index (χ1v) is 8.30. The maximum atomic E-state index is 6.10. The fourth-order valence-corrected chi connectivity index (χ4v) is 2.47. The molecular weight excluding hydrogens is 280 g/mol. The van der Waals surface area contributed by atoms with Crippen molar-refractivity contribution in [3.8, 4) is 0 Å². The van der Waals surface area contributed by atoms with Gasteiger partial charge in [-0.15, -0.1) is 6.58 Å². The number of hydrogen-bond acceptors (Lipinski definition) is 1. The fraction of sp³-hybridized carbons (Fsp3) is 0.273. The van der Waals surface area contributed by atoms with Crippen LogP contribution in [0, 0.1) is 0 Å². The van der Waals surface area contributed by atoms with Crippen LogP contribution in [-0.2, 0) is 10.2 Å². The van der Waals surface area contributed by atoms with Gasteiger partial charge in [-0.2, -0.15) is 0 Å². The zero-order valence-corrected chi connectivity index (χ0v) is 14.2. The lowest BCUT2D eigenvalue weighted by molar-refractivity contribution is 0.268. The zero-order valence-electron chi connectivity index (χ0n) is 14.2. The molecule has 0 aromatic heterocycles. The molecule has 0 amide bonds. The Morgan fingerprint density at radius 2 is 1.65 bits per heavy atom. The van der Waals surface area contributed by atoms with E-state index in [4.69, 9.17) is 4.74 Å². The molecule has 2 aromatic carbocycles. The average Bonchev–Trinajstić information content (AvgIpc) is 2.62. The van der Waals surface area contributed by atoms with Crippen LogP contribution in [0.1, 0.15) is 37.8 Å². The summed E-state index contributed by atoms with van der Waals surface area (Å²) in [5.74, 6) is 0.922. The molecule has 120 valence electrons. The first kappa shape index (κ1) is 17.1. The van der Waals surface area contributed by atoms with E-state index in [1.54, 1.807) is 0 Å². The van der Waals surface area contributed by atoms with E-state index >= 15 is 0 Å². The number of rotatable bonds is 8. The van der Waals surface area contributed by atoms with Crippen LogP contribution in [-0.4, -0.2) is 6.61 Å². The number of benzene rings is 2. The average molecular weight is 306 g/mol. The second-order valence-electron chi connectivity index (χ2n) is 5.93. The molecule has 0 N–H and O–H groups in total. The molecule has 0 unspecified atom stereocenters. The Hall–Kier alpha value is -2.28. The second kappa shape index (κ2) is 8.38. The van der Waals surface area contributed by atoms with E-state index in [1.807, 2.05) is 30.3 Å². The molecule has 0 fully saturated rings. The van der Waals surface area contributed by atoms with Crippen molar-refractivity contribution in [1.82, 2.24) is 0 Å². The summed E-state index contributed by atoms with van der Waals surface area (Å²) in [6.07, 6.45) is 6.34. The van der Waals surface area contributed by atoms with Crippen molar-refractivity contribution < 1.29 is 4.74 Å². The molecule has 0 aliphatic heterocycles. The molecular formula is C22H26O. The fourth-order valence-electron chi connectivity index (χ4n) is 2.47. The van der Waals surface area contributed by atoms with Crippen LogP contribution in [0.5, 0.6) is 0 Å². The molecule has 0 saturated heterocycles. The topological polar surface area (TPSA) is 9.23 Å². The predicted octanol–water partition coefficient (Wildman–Crippen LogP) is 5.99. The third-order valence-electron chi connectivity index (χ3n) is 4.06. The molecule has 0 heterocycles. The summed E-state index contributed by atoms with van der Waals surface area (Å²) in [5.41, 5.74) is 2.05. The smallest absolute Gasteiger partial charge is 0.123 e. The highest BCUT2D eigenvalue weighted by Gasteiger charge is 2.22. The lowest BCUT2D eigenvalue weighted by Gasteiger charge is -2.24. The number of ether oxygens (including phenoxy) is 1. The monoisotopic (exact) mass is 306 g/mol.